The van der Waals surface area contributed by atoms with Gasteiger partial charge in [-0.2, -0.15) is 0 Å². The highest BCUT2D eigenvalue weighted by Crippen LogP contribution is 2.09. The highest BCUT2D eigenvalue weighted by atomic mass is 35.5. The first-order valence-electron chi connectivity index (χ1n) is 3.99. The normalized spacial score (nSPS) is 12.6. The largest absolute Gasteiger partial charge is 0.454 e. The molecule has 0 radical (unpaired) electrons. The number of carbonyl (C=O) groups excluding carboxylic acids is 1. The zero-order valence-electron chi connectivity index (χ0n) is 7.10. The SMILES string of the molecule is CCC(C)CCCOC(=O)Cl. The molecule has 0 rings (SSSR count). The molecule has 0 aromatic carbocycles. The van der Waals surface area contributed by atoms with Gasteiger partial charge in [0.1, 0.15) is 0 Å². The molecule has 11 heavy (non-hydrogen) atoms. The fourth-order valence-electron chi connectivity index (χ4n) is 0.788. The molecule has 0 saturated carbocycles. The first-order chi connectivity index (χ1) is 5.16. The molecule has 66 valence electrons. The number of halogens is 1. The number of rotatable bonds is 5. The highest BCUT2D eigenvalue weighted by molar-refractivity contribution is 6.61. The summed E-state index contributed by atoms with van der Waals surface area (Å²) in [7, 11) is 0. The van der Waals surface area contributed by atoms with Crippen LogP contribution < -0.4 is 0 Å². The lowest BCUT2D eigenvalue weighted by molar-refractivity contribution is 0.169. The van der Waals surface area contributed by atoms with Gasteiger partial charge in [-0.1, -0.05) is 20.3 Å². The van der Waals surface area contributed by atoms with Crippen molar-refractivity contribution in [2.75, 3.05) is 6.61 Å². The molecule has 0 aliphatic heterocycles. The van der Waals surface area contributed by atoms with Gasteiger partial charge in [0.15, 0.2) is 0 Å². The molecular formula is C8H15ClO2. The minimum absolute atomic E-state index is 0.451. The maximum Gasteiger partial charge on any atom is 0.403 e. The van der Waals surface area contributed by atoms with Crippen molar-refractivity contribution in [1.82, 2.24) is 0 Å². The molecule has 0 spiro atoms. The van der Waals surface area contributed by atoms with Crippen molar-refractivity contribution in [3.05, 3.63) is 0 Å². The fourth-order valence-corrected chi connectivity index (χ4v) is 0.865. The quantitative estimate of drug-likeness (QED) is 0.478. The van der Waals surface area contributed by atoms with Crippen LogP contribution in [0.15, 0.2) is 0 Å². The fraction of sp³-hybridized carbons (Fsp3) is 0.875. The summed E-state index contributed by atoms with van der Waals surface area (Å²) in [4.78, 5) is 10.1. The van der Waals surface area contributed by atoms with Gasteiger partial charge in [-0.05, 0) is 18.8 Å². The van der Waals surface area contributed by atoms with Gasteiger partial charge in [0.2, 0.25) is 0 Å². The summed E-state index contributed by atoms with van der Waals surface area (Å²) < 4.78 is 4.56. The van der Waals surface area contributed by atoms with E-state index in [1.165, 1.54) is 6.42 Å². The maximum absolute atomic E-state index is 10.1. The van der Waals surface area contributed by atoms with E-state index in [9.17, 15) is 4.79 Å². The van der Waals surface area contributed by atoms with Crippen LogP contribution in [0.1, 0.15) is 33.1 Å². The minimum Gasteiger partial charge on any atom is -0.454 e. The van der Waals surface area contributed by atoms with Crippen LogP contribution in [-0.4, -0.2) is 12.0 Å². The van der Waals surface area contributed by atoms with Crippen LogP contribution in [0.4, 0.5) is 4.79 Å². The average Bonchev–Trinajstić information content (AvgIpc) is 1.97. The molecule has 3 heteroatoms. The second-order valence-electron chi connectivity index (χ2n) is 2.74. The van der Waals surface area contributed by atoms with Crippen molar-refractivity contribution in [3.8, 4) is 0 Å². The van der Waals surface area contributed by atoms with Crippen LogP contribution in [0.2, 0.25) is 0 Å². The van der Waals surface area contributed by atoms with Crippen molar-refractivity contribution in [1.29, 1.82) is 0 Å². The van der Waals surface area contributed by atoms with Gasteiger partial charge >= 0.3 is 5.43 Å². The first kappa shape index (κ1) is 10.8. The summed E-state index contributed by atoms with van der Waals surface area (Å²) in [6.07, 6.45) is 3.18. The Morgan fingerprint density at radius 2 is 2.27 bits per heavy atom. The van der Waals surface area contributed by atoms with Crippen molar-refractivity contribution < 1.29 is 9.53 Å². The van der Waals surface area contributed by atoms with Crippen molar-refractivity contribution >= 4 is 17.0 Å². The summed E-state index contributed by atoms with van der Waals surface area (Å²) >= 11 is 4.97. The van der Waals surface area contributed by atoms with Gasteiger partial charge < -0.3 is 4.74 Å². The van der Waals surface area contributed by atoms with E-state index in [1.807, 2.05) is 0 Å². The van der Waals surface area contributed by atoms with E-state index in [1.54, 1.807) is 0 Å². The second kappa shape index (κ2) is 6.47. The lowest BCUT2D eigenvalue weighted by Gasteiger charge is -2.06. The van der Waals surface area contributed by atoms with E-state index in [-0.39, 0.29) is 0 Å². The Kier molecular flexibility index (Phi) is 6.33. The van der Waals surface area contributed by atoms with Crippen LogP contribution in [0.5, 0.6) is 0 Å². The van der Waals surface area contributed by atoms with Crippen LogP contribution in [0.25, 0.3) is 0 Å². The topological polar surface area (TPSA) is 26.3 Å². The molecular weight excluding hydrogens is 164 g/mol. The molecule has 0 bridgehead atoms. The molecule has 0 aromatic rings. The van der Waals surface area contributed by atoms with Crippen LogP contribution in [0, 0.1) is 5.92 Å². The monoisotopic (exact) mass is 178 g/mol. The minimum atomic E-state index is -0.700. The summed E-state index contributed by atoms with van der Waals surface area (Å²) in [5.41, 5.74) is -0.700. The third-order valence-corrected chi connectivity index (χ3v) is 1.86. The summed E-state index contributed by atoms with van der Waals surface area (Å²) in [5.74, 6) is 0.712. The summed E-state index contributed by atoms with van der Waals surface area (Å²) in [6.45, 7) is 4.79. The van der Waals surface area contributed by atoms with Gasteiger partial charge in [-0.3, -0.25) is 0 Å². The lowest BCUT2D eigenvalue weighted by Crippen LogP contribution is -1.99. The van der Waals surface area contributed by atoms with Gasteiger partial charge in [-0.15, -0.1) is 0 Å². The van der Waals surface area contributed by atoms with Crippen molar-refractivity contribution in [2.45, 2.75) is 33.1 Å². The number of hydrogen-bond donors (Lipinski definition) is 0. The predicted molar refractivity (Wildman–Crippen MR) is 45.9 cm³/mol. The molecule has 1 atom stereocenters. The third-order valence-electron chi connectivity index (χ3n) is 1.75. The summed E-state index contributed by atoms with van der Waals surface area (Å²) in [5, 5.41) is 0. The van der Waals surface area contributed by atoms with Gasteiger partial charge in [0.05, 0.1) is 6.61 Å². The molecule has 0 aliphatic carbocycles. The Balaban J connectivity index is 3.08. The standard InChI is InChI=1S/C8H15ClO2/c1-3-7(2)5-4-6-11-8(9)10/h7H,3-6H2,1-2H3. The lowest BCUT2D eigenvalue weighted by atomic mass is 10.0. The third kappa shape index (κ3) is 7.66. The molecule has 2 nitrogen and oxygen atoms in total. The van der Waals surface area contributed by atoms with E-state index >= 15 is 0 Å². The average molecular weight is 179 g/mol. The van der Waals surface area contributed by atoms with Gasteiger partial charge in [0, 0.05) is 11.6 Å². The summed E-state index contributed by atoms with van der Waals surface area (Å²) in [6, 6.07) is 0. The van der Waals surface area contributed by atoms with Gasteiger partial charge in [0.25, 0.3) is 0 Å². The molecule has 0 aromatic heterocycles. The van der Waals surface area contributed by atoms with Crippen molar-refractivity contribution in [2.24, 2.45) is 5.92 Å². The Labute approximate surface area is 72.9 Å². The highest BCUT2D eigenvalue weighted by Gasteiger charge is 1.99. The van der Waals surface area contributed by atoms with E-state index in [4.69, 9.17) is 11.6 Å². The van der Waals surface area contributed by atoms with Crippen LogP contribution in [0.3, 0.4) is 0 Å². The zero-order valence-corrected chi connectivity index (χ0v) is 7.86. The Morgan fingerprint density at radius 3 is 2.73 bits per heavy atom. The van der Waals surface area contributed by atoms with Crippen molar-refractivity contribution in [3.63, 3.8) is 0 Å². The molecule has 0 aliphatic rings. The van der Waals surface area contributed by atoms with E-state index < -0.39 is 5.43 Å². The first-order valence-corrected chi connectivity index (χ1v) is 4.36. The molecule has 0 saturated heterocycles. The zero-order chi connectivity index (χ0) is 8.69. The number of ether oxygens (including phenoxy) is 1. The van der Waals surface area contributed by atoms with E-state index in [0.717, 1.165) is 12.8 Å². The Morgan fingerprint density at radius 1 is 1.64 bits per heavy atom. The maximum atomic E-state index is 10.1. The van der Waals surface area contributed by atoms with E-state index in [2.05, 4.69) is 18.6 Å². The molecule has 0 fully saturated rings. The molecule has 0 amide bonds. The van der Waals surface area contributed by atoms with Gasteiger partial charge in [-0.25, -0.2) is 4.79 Å². The molecule has 0 N–H and O–H groups in total. The van der Waals surface area contributed by atoms with E-state index in [0.29, 0.717) is 12.5 Å². The Bertz CT molecular complexity index is 115. The molecule has 1 unspecified atom stereocenters. The predicted octanol–water partition coefficient (Wildman–Crippen LogP) is 3.19. The number of hydrogen-bond acceptors (Lipinski definition) is 2. The Hall–Kier alpha value is -0.240. The second-order valence-corrected chi connectivity index (χ2v) is 3.05. The van der Waals surface area contributed by atoms with Crippen LogP contribution in [-0.2, 0) is 4.74 Å². The number of carbonyl (C=O) groups is 1. The molecule has 0 heterocycles. The van der Waals surface area contributed by atoms with Crippen LogP contribution >= 0.6 is 11.6 Å². The smallest absolute Gasteiger partial charge is 0.403 e.